The predicted molar refractivity (Wildman–Crippen MR) is 88.9 cm³/mol. The van der Waals surface area contributed by atoms with E-state index in [9.17, 15) is 4.79 Å². The van der Waals surface area contributed by atoms with Gasteiger partial charge in [0.2, 0.25) is 0 Å². The number of anilines is 1. The second kappa shape index (κ2) is 6.36. The lowest BCUT2D eigenvalue weighted by Crippen LogP contribution is -2.30. The Balaban J connectivity index is 1.81. The SMILES string of the molecule is Cc1cccc(NNC(=O)c2c(-c3ccccc3)noc2C)c1. The van der Waals surface area contributed by atoms with E-state index in [1.165, 1.54) is 0 Å². The van der Waals surface area contributed by atoms with Crippen molar-refractivity contribution in [2.45, 2.75) is 13.8 Å². The average Bonchev–Trinajstić information content (AvgIpc) is 2.95. The molecule has 0 saturated carbocycles. The van der Waals surface area contributed by atoms with Crippen LogP contribution in [0.5, 0.6) is 0 Å². The molecule has 5 heteroatoms. The first kappa shape index (κ1) is 14.8. The second-order valence-corrected chi connectivity index (χ2v) is 5.28. The highest BCUT2D eigenvalue weighted by Gasteiger charge is 2.21. The van der Waals surface area contributed by atoms with Crippen LogP contribution >= 0.6 is 0 Å². The Morgan fingerprint density at radius 3 is 2.57 bits per heavy atom. The summed E-state index contributed by atoms with van der Waals surface area (Å²) in [6, 6.07) is 17.2. The van der Waals surface area contributed by atoms with Gasteiger partial charge in [-0.3, -0.25) is 15.6 Å². The van der Waals surface area contributed by atoms with Gasteiger partial charge in [0.25, 0.3) is 5.91 Å². The van der Waals surface area contributed by atoms with E-state index in [1.807, 2.05) is 61.5 Å². The van der Waals surface area contributed by atoms with Gasteiger partial charge in [0.1, 0.15) is 17.0 Å². The van der Waals surface area contributed by atoms with Gasteiger partial charge in [-0.1, -0.05) is 47.6 Å². The van der Waals surface area contributed by atoms with Crippen molar-refractivity contribution < 1.29 is 9.32 Å². The van der Waals surface area contributed by atoms with Gasteiger partial charge in [-0.25, -0.2) is 0 Å². The van der Waals surface area contributed by atoms with Crippen LogP contribution in [-0.4, -0.2) is 11.1 Å². The van der Waals surface area contributed by atoms with Gasteiger partial charge in [0, 0.05) is 5.56 Å². The van der Waals surface area contributed by atoms with Gasteiger partial charge >= 0.3 is 0 Å². The van der Waals surface area contributed by atoms with Crippen molar-refractivity contribution in [3.8, 4) is 11.3 Å². The Bertz CT molecular complexity index is 825. The number of benzene rings is 2. The minimum absolute atomic E-state index is 0.288. The number of nitrogens with one attached hydrogen (secondary N) is 2. The maximum Gasteiger partial charge on any atom is 0.275 e. The zero-order valence-corrected chi connectivity index (χ0v) is 13.0. The van der Waals surface area contributed by atoms with Crippen LogP contribution in [0.1, 0.15) is 21.7 Å². The zero-order chi connectivity index (χ0) is 16.2. The van der Waals surface area contributed by atoms with Crippen molar-refractivity contribution in [2.75, 3.05) is 5.43 Å². The Morgan fingerprint density at radius 2 is 1.83 bits per heavy atom. The number of aryl methyl sites for hydroxylation is 2. The maximum atomic E-state index is 12.5. The Hall–Kier alpha value is -3.08. The number of aromatic nitrogens is 1. The molecule has 0 aliphatic heterocycles. The normalized spacial score (nSPS) is 10.3. The molecule has 0 atom stereocenters. The number of amides is 1. The molecule has 0 unspecified atom stereocenters. The van der Waals surface area contributed by atoms with Crippen LogP contribution in [0.15, 0.2) is 59.1 Å². The topological polar surface area (TPSA) is 67.2 Å². The van der Waals surface area contributed by atoms with Gasteiger partial charge in [0.15, 0.2) is 0 Å². The summed E-state index contributed by atoms with van der Waals surface area (Å²) in [6.45, 7) is 3.71. The quantitative estimate of drug-likeness (QED) is 0.721. The third kappa shape index (κ3) is 3.23. The molecule has 0 radical (unpaired) electrons. The van der Waals surface area contributed by atoms with E-state index >= 15 is 0 Å². The van der Waals surface area contributed by atoms with Gasteiger partial charge in [0.05, 0.1) is 5.69 Å². The number of carbonyl (C=O) groups excluding carboxylic acids is 1. The van der Waals surface area contributed by atoms with Crippen molar-refractivity contribution in [3.63, 3.8) is 0 Å². The molecule has 3 aromatic rings. The highest BCUT2D eigenvalue weighted by molar-refractivity contribution is 6.01. The Kier molecular flexibility index (Phi) is 4.10. The van der Waals surface area contributed by atoms with Crippen molar-refractivity contribution in [3.05, 3.63) is 71.5 Å². The number of hydrazine groups is 1. The molecule has 3 rings (SSSR count). The molecule has 0 aliphatic carbocycles. The molecule has 0 bridgehead atoms. The van der Waals surface area contributed by atoms with Gasteiger partial charge in [-0.2, -0.15) is 0 Å². The fourth-order valence-electron chi connectivity index (χ4n) is 2.35. The average molecular weight is 307 g/mol. The molecule has 116 valence electrons. The molecule has 1 heterocycles. The first-order valence-electron chi connectivity index (χ1n) is 7.30. The van der Waals surface area contributed by atoms with E-state index in [0.29, 0.717) is 17.0 Å². The smallest absolute Gasteiger partial charge is 0.275 e. The number of nitrogens with zero attached hydrogens (tertiary/aromatic N) is 1. The lowest BCUT2D eigenvalue weighted by Gasteiger charge is -2.09. The van der Waals surface area contributed by atoms with Crippen LogP contribution in [0.4, 0.5) is 5.69 Å². The van der Waals surface area contributed by atoms with E-state index in [2.05, 4.69) is 16.0 Å². The molecule has 0 aliphatic rings. The minimum Gasteiger partial charge on any atom is -0.360 e. The van der Waals surface area contributed by atoms with Gasteiger partial charge < -0.3 is 4.52 Å². The summed E-state index contributed by atoms with van der Waals surface area (Å²) in [5.41, 5.74) is 9.32. The highest BCUT2D eigenvalue weighted by atomic mass is 16.5. The van der Waals surface area contributed by atoms with Crippen LogP contribution in [0, 0.1) is 13.8 Å². The third-order valence-corrected chi connectivity index (χ3v) is 3.48. The lowest BCUT2D eigenvalue weighted by molar-refractivity contribution is 0.0961. The summed E-state index contributed by atoms with van der Waals surface area (Å²) < 4.78 is 5.20. The van der Waals surface area contributed by atoms with Gasteiger partial charge in [-0.15, -0.1) is 0 Å². The zero-order valence-electron chi connectivity index (χ0n) is 13.0. The molecular formula is C18H17N3O2. The monoisotopic (exact) mass is 307 g/mol. The standard InChI is InChI=1S/C18H17N3O2/c1-12-7-6-10-15(11-12)19-20-18(22)16-13(2)23-21-17(16)14-8-4-3-5-9-14/h3-11,19H,1-2H3,(H,20,22). The number of hydrogen-bond acceptors (Lipinski definition) is 4. The second-order valence-electron chi connectivity index (χ2n) is 5.28. The number of carbonyl (C=O) groups is 1. The molecule has 5 nitrogen and oxygen atoms in total. The van der Waals surface area contributed by atoms with Crippen LogP contribution in [0.25, 0.3) is 11.3 Å². The highest BCUT2D eigenvalue weighted by Crippen LogP contribution is 2.24. The predicted octanol–water partition coefficient (Wildman–Crippen LogP) is 3.72. The van der Waals surface area contributed by atoms with E-state index in [4.69, 9.17) is 4.52 Å². The van der Waals surface area contributed by atoms with E-state index < -0.39 is 0 Å². The van der Waals surface area contributed by atoms with Gasteiger partial charge in [-0.05, 0) is 31.5 Å². The Labute approximate surface area is 134 Å². The molecule has 1 amide bonds. The summed E-state index contributed by atoms with van der Waals surface area (Å²) >= 11 is 0. The van der Waals surface area contributed by atoms with Crippen LogP contribution in [0.2, 0.25) is 0 Å². The summed E-state index contributed by atoms with van der Waals surface area (Å²) in [4.78, 5) is 12.5. The molecular weight excluding hydrogens is 290 g/mol. The van der Waals surface area contributed by atoms with Crippen molar-refractivity contribution in [2.24, 2.45) is 0 Å². The molecule has 1 aromatic heterocycles. The maximum absolute atomic E-state index is 12.5. The van der Waals surface area contributed by atoms with Crippen molar-refractivity contribution in [1.82, 2.24) is 10.6 Å². The summed E-state index contributed by atoms with van der Waals surface area (Å²) in [7, 11) is 0. The molecule has 0 fully saturated rings. The minimum atomic E-state index is -0.288. The molecule has 23 heavy (non-hydrogen) atoms. The summed E-state index contributed by atoms with van der Waals surface area (Å²) in [6.07, 6.45) is 0. The summed E-state index contributed by atoms with van der Waals surface area (Å²) in [5, 5.41) is 4.01. The first-order valence-corrected chi connectivity index (χ1v) is 7.30. The van der Waals surface area contributed by atoms with Crippen LogP contribution in [-0.2, 0) is 0 Å². The number of hydrogen-bond donors (Lipinski definition) is 2. The lowest BCUT2D eigenvalue weighted by atomic mass is 10.1. The molecule has 0 saturated heterocycles. The molecule has 0 spiro atoms. The third-order valence-electron chi connectivity index (χ3n) is 3.48. The summed E-state index contributed by atoms with van der Waals surface area (Å²) in [5.74, 6) is 0.191. The van der Waals surface area contributed by atoms with Crippen molar-refractivity contribution in [1.29, 1.82) is 0 Å². The largest absolute Gasteiger partial charge is 0.360 e. The Morgan fingerprint density at radius 1 is 1.04 bits per heavy atom. The van der Waals surface area contributed by atoms with Crippen LogP contribution < -0.4 is 10.9 Å². The van der Waals surface area contributed by atoms with Crippen LogP contribution in [0.3, 0.4) is 0 Å². The molecule has 2 N–H and O–H groups in total. The van der Waals surface area contributed by atoms with E-state index in [0.717, 1.165) is 16.8 Å². The van der Waals surface area contributed by atoms with E-state index in [-0.39, 0.29) is 5.91 Å². The first-order chi connectivity index (χ1) is 11.1. The number of rotatable bonds is 4. The fourth-order valence-corrected chi connectivity index (χ4v) is 2.35. The fraction of sp³-hybridized carbons (Fsp3) is 0.111. The molecule has 2 aromatic carbocycles. The van der Waals surface area contributed by atoms with Crippen molar-refractivity contribution >= 4 is 11.6 Å². The van der Waals surface area contributed by atoms with E-state index in [1.54, 1.807) is 6.92 Å².